The summed E-state index contributed by atoms with van der Waals surface area (Å²) in [5, 5.41) is 0.280. The van der Waals surface area contributed by atoms with Gasteiger partial charge in [-0.2, -0.15) is 11.8 Å². The number of thioether (sulfide) groups is 1. The van der Waals surface area contributed by atoms with Crippen LogP contribution in [0.5, 0.6) is 0 Å². The summed E-state index contributed by atoms with van der Waals surface area (Å²) in [5.74, 6) is 0.725. The first kappa shape index (κ1) is 12.8. The van der Waals surface area contributed by atoms with Crippen LogP contribution in [0, 0.1) is 5.92 Å². The number of carbonyl (C=O) groups excluding carboxylic acids is 1. The van der Waals surface area contributed by atoms with Gasteiger partial charge >= 0.3 is 5.97 Å². The third-order valence-electron chi connectivity index (χ3n) is 1.95. The lowest BCUT2D eigenvalue weighted by molar-refractivity contribution is -0.144. The molecule has 0 aromatic heterocycles. The van der Waals surface area contributed by atoms with Gasteiger partial charge in [0.1, 0.15) is 0 Å². The van der Waals surface area contributed by atoms with E-state index in [4.69, 9.17) is 4.74 Å². The molecule has 0 radical (unpaired) electrons. The minimum atomic E-state index is -0.141. The molecule has 0 aromatic rings. The molecule has 78 valence electrons. The molecule has 0 spiro atoms. The smallest absolute Gasteiger partial charge is 0.309 e. The van der Waals surface area contributed by atoms with Crippen LogP contribution in [0.2, 0.25) is 0 Å². The van der Waals surface area contributed by atoms with Gasteiger partial charge in [-0.3, -0.25) is 4.79 Å². The van der Waals surface area contributed by atoms with Gasteiger partial charge in [0.25, 0.3) is 0 Å². The Morgan fingerprint density at radius 1 is 1.38 bits per heavy atom. The summed E-state index contributed by atoms with van der Waals surface area (Å²) < 4.78 is 9.58. The third kappa shape index (κ3) is 5.16. The van der Waals surface area contributed by atoms with Crippen LogP contribution in [0.25, 0.3) is 0 Å². The molecule has 0 saturated heterocycles. The standard InChI is InChI=1S/C9H18O3S/c1-7(9(10)12-4)8(2)13-6-5-11-3/h7-8H,5-6H2,1-4H3. The minimum absolute atomic E-state index is 0.0492. The molecule has 3 nitrogen and oxygen atoms in total. The molecule has 0 amide bonds. The van der Waals surface area contributed by atoms with Gasteiger partial charge in [-0.25, -0.2) is 0 Å². The number of methoxy groups -OCH3 is 2. The lowest BCUT2D eigenvalue weighted by Gasteiger charge is -2.16. The van der Waals surface area contributed by atoms with Crippen LogP contribution in [0.3, 0.4) is 0 Å². The minimum Gasteiger partial charge on any atom is -0.469 e. The Morgan fingerprint density at radius 3 is 2.46 bits per heavy atom. The SMILES string of the molecule is COCCSC(C)C(C)C(=O)OC. The van der Waals surface area contributed by atoms with Crippen LogP contribution >= 0.6 is 11.8 Å². The van der Waals surface area contributed by atoms with Crippen molar-refractivity contribution in [3.05, 3.63) is 0 Å². The summed E-state index contributed by atoms with van der Waals surface area (Å²) in [6.07, 6.45) is 0. The third-order valence-corrected chi connectivity index (χ3v) is 3.28. The first-order valence-corrected chi connectivity index (χ1v) is 5.36. The van der Waals surface area contributed by atoms with E-state index < -0.39 is 0 Å². The maximum atomic E-state index is 11.1. The number of esters is 1. The predicted molar refractivity (Wildman–Crippen MR) is 55.0 cm³/mol. The quantitative estimate of drug-likeness (QED) is 0.488. The van der Waals surface area contributed by atoms with Crippen molar-refractivity contribution in [3.8, 4) is 0 Å². The fourth-order valence-corrected chi connectivity index (χ4v) is 1.87. The van der Waals surface area contributed by atoms with Crippen molar-refractivity contribution < 1.29 is 14.3 Å². The molecular formula is C9H18O3S. The van der Waals surface area contributed by atoms with Gasteiger partial charge in [0.2, 0.25) is 0 Å². The second-order valence-corrected chi connectivity index (χ2v) is 4.37. The molecule has 0 aliphatic rings. The van der Waals surface area contributed by atoms with Gasteiger partial charge < -0.3 is 9.47 Å². The van der Waals surface area contributed by atoms with E-state index in [-0.39, 0.29) is 17.1 Å². The Morgan fingerprint density at radius 2 is 2.00 bits per heavy atom. The van der Waals surface area contributed by atoms with Gasteiger partial charge in [0.15, 0.2) is 0 Å². The molecular weight excluding hydrogens is 188 g/mol. The molecule has 0 bridgehead atoms. The van der Waals surface area contributed by atoms with Crippen LogP contribution in [0.15, 0.2) is 0 Å². The Balaban J connectivity index is 3.68. The van der Waals surface area contributed by atoms with Crippen LogP contribution in [-0.4, -0.2) is 37.8 Å². The van der Waals surface area contributed by atoms with Crippen molar-refractivity contribution in [2.45, 2.75) is 19.1 Å². The van der Waals surface area contributed by atoms with Gasteiger partial charge in [0, 0.05) is 18.1 Å². The highest BCUT2D eigenvalue weighted by atomic mass is 32.2. The highest BCUT2D eigenvalue weighted by Gasteiger charge is 2.20. The van der Waals surface area contributed by atoms with E-state index in [1.165, 1.54) is 7.11 Å². The molecule has 13 heavy (non-hydrogen) atoms. The van der Waals surface area contributed by atoms with Crippen LogP contribution in [0.4, 0.5) is 0 Å². The van der Waals surface area contributed by atoms with E-state index in [0.29, 0.717) is 0 Å². The maximum absolute atomic E-state index is 11.1. The highest BCUT2D eigenvalue weighted by molar-refractivity contribution is 7.99. The van der Waals surface area contributed by atoms with Gasteiger partial charge in [-0.05, 0) is 0 Å². The van der Waals surface area contributed by atoms with Crippen molar-refractivity contribution in [3.63, 3.8) is 0 Å². The van der Waals surface area contributed by atoms with Crippen LogP contribution in [0.1, 0.15) is 13.8 Å². The van der Waals surface area contributed by atoms with E-state index in [0.717, 1.165) is 12.4 Å². The second kappa shape index (κ2) is 7.21. The first-order chi connectivity index (χ1) is 6.13. The number of ether oxygens (including phenoxy) is 2. The Bertz CT molecular complexity index is 150. The van der Waals surface area contributed by atoms with Crippen molar-refractivity contribution in [2.24, 2.45) is 5.92 Å². The molecule has 0 saturated carbocycles. The number of hydrogen-bond acceptors (Lipinski definition) is 4. The van der Waals surface area contributed by atoms with E-state index >= 15 is 0 Å². The number of hydrogen-bond donors (Lipinski definition) is 0. The summed E-state index contributed by atoms with van der Waals surface area (Å²) >= 11 is 1.73. The molecule has 0 N–H and O–H groups in total. The largest absolute Gasteiger partial charge is 0.469 e. The summed E-state index contributed by atoms with van der Waals surface area (Å²) in [6.45, 7) is 4.64. The first-order valence-electron chi connectivity index (χ1n) is 4.31. The monoisotopic (exact) mass is 206 g/mol. The van der Waals surface area contributed by atoms with Crippen LogP contribution < -0.4 is 0 Å². The van der Waals surface area contributed by atoms with Gasteiger partial charge in [0.05, 0.1) is 19.6 Å². The zero-order valence-corrected chi connectivity index (χ0v) is 9.52. The lowest BCUT2D eigenvalue weighted by atomic mass is 10.1. The molecule has 2 unspecified atom stereocenters. The summed E-state index contributed by atoms with van der Waals surface area (Å²) in [4.78, 5) is 11.1. The summed E-state index contributed by atoms with van der Waals surface area (Å²) in [7, 11) is 3.10. The summed E-state index contributed by atoms with van der Waals surface area (Å²) in [5.41, 5.74) is 0. The highest BCUT2D eigenvalue weighted by Crippen LogP contribution is 2.19. The molecule has 0 rings (SSSR count). The molecule has 4 heteroatoms. The molecule has 0 aromatic carbocycles. The Kier molecular flexibility index (Phi) is 7.09. The average molecular weight is 206 g/mol. The number of rotatable bonds is 6. The normalized spacial score (nSPS) is 15.1. The summed E-state index contributed by atoms with van der Waals surface area (Å²) in [6, 6.07) is 0. The predicted octanol–water partition coefficient (Wildman–Crippen LogP) is 1.56. The lowest BCUT2D eigenvalue weighted by Crippen LogP contribution is -2.22. The Hall–Kier alpha value is -0.220. The van der Waals surface area contributed by atoms with Crippen molar-refractivity contribution >= 4 is 17.7 Å². The van der Waals surface area contributed by atoms with Gasteiger partial charge in [-0.15, -0.1) is 0 Å². The van der Waals surface area contributed by atoms with E-state index in [1.54, 1.807) is 18.9 Å². The Labute approximate surface area is 84.2 Å². The fourth-order valence-electron chi connectivity index (χ4n) is 0.839. The second-order valence-electron chi connectivity index (χ2n) is 2.88. The number of carbonyl (C=O) groups is 1. The van der Waals surface area contributed by atoms with Gasteiger partial charge in [-0.1, -0.05) is 13.8 Å². The van der Waals surface area contributed by atoms with E-state index in [2.05, 4.69) is 4.74 Å². The molecule has 0 fully saturated rings. The average Bonchev–Trinajstić information content (AvgIpc) is 2.15. The van der Waals surface area contributed by atoms with Crippen molar-refractivity contribution in [1.82, 2.24) is 0 Å². The van der Waals surface area contributed by atoms with Crippen molar-refractivity contribution in [1.29, 1.82) is 0 Å². The maximum Gasteiger partial charge on any atom is 0.309 e. The zero-order valence-electron chi connectivity index (χ0n) is 8.70. The molecule has 2 atom stereocenters. The molecule has 0 aliphatic carbocycles. The van der Waals surface area contributed by atoms with Crippen molar-refractivity contribution in [2.75, 3.05) is 26.6 Å². The van der Waals surface area contributed by atoms with E-state index in [1.807, 2.05) is 13.8 Å². The zero-order chi connectivity index (χ0) is 10.3. The van der Waals surface area contributed by atoms with E-state index in [9.17, 15) is 4.79 Å². The molecule has 0 aliphatic heterocycles. The van der Waals surface area contributed by atoms with Crippen LogP contribution in [-0.2, 0) is 14.3 Å². The fraction of sp³-hybridized carbons (Fsp3) is 0.889. The molecule has 0 heterocycles. The topological polar surface area (TPSA) is 35.5 Å².